The predicted molar refractivity (Wildman–Crippen MR) is 85.8 cm³/mol. The van der Waals surface area contributed by atoms with E-state index in [-0.39, 0.29) is 11.8 Å². The number of nitrogens with zero attached hydrogens (tertiary/aromatic N) is 2. The molecule has 0 aliphatic carbocycles. The molecule has 1 aromatic heterocycles. The zero-order chi connectivity index (χ0) is 16.4. The first kappa shape index (κ1) is 15.7. The number of anilines is 1. The summed E-state index contributed by atoms with van der Waals surface area (Å²) in [6.07, 6.45) is 0.507. The van der Waals surface area contributed by atoms with Crippen LogP contribution in [-0.2, 0) is 9.53 Å². The molecule has 0 unspecified atom stereocenters. The summed E-state index contributed by atoms with van der Waals surface area (Å²) in [7, 11) is 0. The second-order valence-corrected chi connectivity index (χ2v) is 6.15. The Hall–Kier alpha value is -2.21. The van der Waals surface area contributed by atoms with E-state index in [9.17, 15) is 4.79 Å². The van der Waals surface area contributed by atoms with E-state index >= 15 is 0 Å². The van der Waals surface area contributed by atoms with Crippen LogP contribution >= 0.6 is 0 Å². The van der Waals surface area contributed by atoms with Crippen molar-refractivity contribution >= 4 is 11.6 Å². The molecule has 0 spiro atoms. The van der Waals surface area contributed by atoms with Crippen LogP contribution in [0.4, 0.5) is 5.69 Å². The van der Waals surface area contributed by atoms with E-state index in [2.05, 4.69) is 29.4 Å². The van der Waals surface area contributed by atoms with E-state index in [1.165, 1.54) is 0 Å². The maximum absolute atomic E-state index is 12.6. The molecule has 2 aromatic rings. The highest BCUT2D eigenvalue weighted by molar-refractivity contribution is 5.97. The summed E-state index contributed by atoms with van der Waals surface area (Å²) in [4.78, 5) is 12.6. The van der Waals surface area contributed by atoms with Crippen molar-refractivity contribution in [3.05, 3.63) is 30.2 Å². The lowest BCUT2D eigenvalue weighted by Crippen LogP contribution is -2.34. The van der Waals surface area contributed by atoms with Gasteiger partial charge in [-0.25, -0.2) is 0 Å². The van der Waals surface area contributed by atoms with Crippen LogP contribution in [0.3, 0.4) is 0 Å². The van der Waals surface area contributed by atoms with E-state index in [1.54, 1.807) is 6.92 Å². The summed E-state index contributed by atoms with van der Waals surface area (Å²) >= 11 is 0. The summed E-state index contributed by atoms with van der Waals surface area (Å²) in [6, 6.07) is 7.40. The monoisotopic (exact) mass is 315 g/mol. The van der Waals surface area contributed by atoms with Gasteiger partial charge < -0.3 is 14.5 Å². The molecule has 1 aliphatic rings. The first-order valence-corrected chi connectivity index (χ1v) is 7.88. The number of benzene rings is 1. The highest BCUT2D eigenvalue weighted by Gasteiger charge is 2.36. The number of aryl methyl sites for hydroxylation is 1. The number of aromatic nitrogens is 2. The van der Waals surface area contributed by atoms with Gasteiger partial charge in [0.1, 0.15) is 6.10 Å². The Bertz CT molecular complexity index is 696. The second kappa shape index (κ2) is 6.50. The molecule has 1 saturated heterocycles. The number of hydrogen-bond donors (Lipinski definition) is 1. The molecule has 2 atom stereocenters. The smallest absolute Gasteiger partial charge is 0.253 e. The third-order valence-electron chi connectivity index (χ3n) is 4.19. The lowest BCUT2D eigenvalue weighted by molar-refractivity contribution is -0.126. The Morgan fingerprint density at radius 3 is 2.78 bits per heavy atom. The zero-order valence-corrected chi connectivity index (χ0v) is 13.6. The molecule has 0 saturated carbocycles. The number of carbonyl (C=O) groups excluding carboxylic acids is 1. The van der Waals surface area contributed by atoms with Gasteiger partial charge in [-0.05, 0) is 30.4 Å². The maximum Gasteiger partial charge on any atom is 0.253 e. The largest absolute Gasteiger partial charge is 0.421 e. The van der Waals surface area contributed by atoms with Crippen molar-refractivity contribution in [2.24, 2.45) is 11.8 Å². The third-order valence-corrected chi connectivity index (χ3v) is 4.19. The minimum atomic E-state index is -0.410. The van der Waals surface area contributed by atoms with Gasteiger partial charge in [0.25, 0.3) is 5.91 Å². The SMILES string of the molecule is Cc1nnc(-c2ccccc2NC(=O)[C@@H]2OCC[C@@H]2C(C)C)o1. The minimum absolute atomic E-state index is 0.120. The van der Waals surface area contributed by atoms with Gasteiger partial charge in [0, 0.05) is 13.5 Å². The van der Waals surface area contributed by atoms with Gasteiger partial charge in [-0.3, -0.25) is 4.79 Å². The molecule has 1 N–H and O–H groups in total. The van der Waals surface area contributed by atoms with E-state index in [0.29, 0.717) is 35.6 Å². The van der Waals surface area contributed by atoms with Crippen molar-refractivity contribution < 1.29 is 13.9 Å². The Kier molecular flexibility index (Phi) is 4.43. The third kappa shape index (κ3) is 3.27. The summed E-state index contributed by atoms with van der Waals surface area (Å²) < 4.78 is 11.1. The highest BCUT2D eigenvalue weighted by atomic mass is 16.5. The van der Waals surface area contributed by atoms with Crippen molar-refractivity contribution in [2.75, 3.05) is 11.9 Å². The van der Waals surface area contributed by atoms with Gasteiger partial charge >= 0.3 is 0 Å². The van der Waals surface area contributed by atoms with Crippen LogP contribution in [0.5, 0.6) is 0 Å². The van der Waals surface area contributed by atoms with E-state index in [0.717, 1.165) is 6.42 Å². The minimum Gasteiger partial charge on any atom is -0.421 e. The van der Waals surface area contributed by atoms with E-state index in [1.807, 2.05) is 24.3 Å². The molecular formula is C17H21N3O3. The van der Waals surface area contributed by atoms with Crippen molar-refractivity contribution in [3.8, 4) is 11.5 Å². The van der Waals surface area contributed by atoms with Gasteiger partial charge in [-0.2, -0.15) is 0 Å². The molecule has 23 heavy (non-hydrogen) atoms. The molecule has 2 heterocycles. The Balaban J connectivity index is 1.82. The summed E-state index contributed by atoms with van der Waals surface area (Å²) in [6.45, 7) is 6.60. The average Bonchev–Trinajstić information content (AvgIpc) is 3.16. The molecule has 6 heteroatoms. The first-order valence-electron chi connectivity index (χ1n) is 7.88. The standard InChI is InChI=1S/C17H21N3O3/c1-10(2)12-8-9-22-15(12)16(21)18-14-7-5-4-6-13(14)17-20-19-11(3)23-17/h4-7,10,12,15H,8-9H2,1-3H3,(H,18,21)/t12-,15-/m1/s1. The van der Waals surface area contributed by atoms with Crippen molar-refractivity contribution in [3.63, 3.8) is 0 Å². The van der Waals surface area contributed by atoms with Gasteiger partial charge in [0.15, 0.2) is 0 Å². The topological polar surface area (TPSA) is 77.2 Å². The molecule has 3 rings (SSSR count). The number of rotatable bonds is 4. The van der Waals surface area contributed by atoms with Crippen LogP contribution in [0.1, 0.15) is 26.2 Å². The van der Waals surface area contributed by atoms with Crippen molar-refractivity contribution in [1.29, 1.82) is 0 Å². The number of amides is 1. The van der Waals surface area contributed by atoms with Crippen LogP contribution in [0.15, 0.2) is 28.7 Å². The van der Waals surface area contributed by atoms with Gasteiger partial charge in [0.2, 0.25) is 11.8 Å². The summed E-state index contributed by atoms with van der Waals surface area (Å²) in [5.74, 6) is 1.41. The molecule has 0 radical (unpaired) electrons. The summed E-state index contributed by atoms with van der Waals surface area (Å²) in [5.41, 5.74) is 1.36. The number of ether oxygens (including phenoxy) is 1. The molecule has 0 bridgehead atoms. The molecule has 1 aliphatic heterocycles. The zero-order valence-electron chi connectivity index (χ0n) is 13.6. The number of carbonyl (C=O) groups is 1. The van der Waals surface area contributed by atoms with Crippen molar-refractivity contribution in [2.45, 2.75) is 33.3 Å². The second-order valence-electron chi connectivity index (χ2n) is 6.15. The highest BCUT2D eigenvalue weighted by Crippen LogP contribution is 2.31. The predicted octanol–water partition coefficient (Wildman–Crippen LogP) is 3.04. The molecule has 122 valence electrons. The molecule has 1 amide bonds. The number of para-hydroxylation sites is 1. The molecule has 1 fully saturated rings. The Labute approximate surface area is 135 Å². The van der Waals surface area contributed by atoms with Gasteiger partial charge in [-0.1, -0.05) is 26.0 Å². The van der Waals surface area contributed by atoms with Gasteiger partial charge in [-0.15, -0.1) is 10.2 Å². The van der Waals surface area contributed by atoms with E-state index in [4.69, 9.17) is 9.15 Å². The van der Waals surface area contributed by atoms with Crippen LogP contribution in [-0.4, -0.2) is 28.8 Å². The van der Waals surface area contributed by atoms with Crippen LogP contribution in [0.2, 0.25) is 0 Å². The molecular weight excluding hydrogens is 294 g/mol. The molecule has 1 aromatic carbocycles. The normalized spacial score (nSPS) is 20.9. The van der Waals surface area contributed by atoms with Crippen LogP contribution in [0, 0.1) is 18.8 Å². The Morgan fingerprint density at radius 1 is 1.30 bits per heavy atom. The lowest BCUT2D eigenvalue weighted by Gasteiger charge is -2.21. The molecule has 6 nitrogen and oxygen atoms in total. The van der Waals surface area contributed by atoms with Gasteiger partial charge in [0.05, 0.1) is 11.3 Å². The van der Waals surface area contributed by atoms with E-state index < -0.39 is 6.10 Å². The average molecular weight is 315 g/mol. The lowest BCUT2D eigenvalue weighted by atomic mass is 9.89. The fourth-order valence-corrected chi connectivity index (χ4v) is 2.95. The van der Waals surface area contributed by atoms with Crippen molar-refractivity contribution in [1.82, 2.24) is 10.2 Å². The fourth-order valence-electron chi connectivity index (χ4n) is 2.95. The number of hydrogen-bond acceptors (Lipinski definition) is 5. The van der Waals surface area contributed by atoms with Crippen LogP contribution in [0.25, 0.3) is 11.5 Å². The first-order chi connectivity index (χ1) is 11.1. The number of nitrogens with one attached hydrogen (secondary N) is 1. The quantitative estimate of drug-likeness (QED) is 0.938. The Morgan fingerprint density at radius 2 is 2.09 bits per heavy atom. The van der Waals surface area contributed by atoms with Crippen LogP contribution < -0.4 is 5.32 Å². The maximum atomic E-state index is 12.6. The summed E-state index contributed by atoms with van der Waals surface area (Å²) in [5, 5.41) is 10.8. The fraction of sp³-hybridized carbons (Fsp3) is 0.471.